The maximum atomic E-state index is 6.24. The van der Waals surface area contributed by atoms with Crippen molar-refractivity contribution in [2.45, 2.75) is 38.8 Å². The van der Waals surface area contributed by atoms with Gasteiger partial charge in [-0.15, -0.1) is 0 Å². The molecule has 0 saturated carbocycles. The average Bonchev–Trinajstić information content (AvgIpc) is 2.87. The van der Waals surface area contributed by atoms with E-state index in [2.05, 4.69) is 23.2 Å². The Labute approximate surface area is 126 Å². The summed E-state index contributed by atoms with van der Waals surface area (Å²) >= 11 is 6.24. The van der Waals surface area contributed by atoms with Crippen LogP contribution in [0.5, 0.6) is 5.75 Å². The highest BCUT2D eigenvalue weighted by Gasteiger charge is 2.22. The van der Waals surface area contributed by atoms with Crippen LogP contribution in [0.15, 0.2) is 12.1 Å². The summed E-state index contributed by atoms with van der Waals surface area (Å²) in [5, 5.41) is 4.44. The van der Waals surface area contributed by atoms with Gasteiger partial charge in [-0.05, 0) is 24.1 Å². The number of nitrogens with one attached hydrogen (secondary N) is 1. The molecule has 1 unspecified atom stereocenters. The van der Waals surface area contributed by atoms with Crippen LogP contribution in [-0.2, 0) is 13.0 Å². The zero-order valence-electron chi connectivity index (χ0n) is 12.1. The van der Waals surface area contributed by atoms with Crippen LogP contribution in [0.2, 0.25) is 5.02 Å². The van der Waals surface area contributed by atoms with Crippen LogP contribution in [0.1, 0.15) is 30.9 Å². The van der Waals surface area contributed by atoms with Crippen LogP contribution in [0, 0.1) is 0 Å². The minimum Gasteiger partial charge on any atom is -0.493 e. The summed E-state index contributed by atoms with van der Waals surface area (Å²) in [6.07, 6.45) is 3.48. The van der Waals surface area contributed by atoms with Crippen molar-refractivity contribution < 1.29 is 4.74 Å². The third kappa shape index (κ3) is 3.11. The zero-order chi connectivity index (χ0) is 13.9. The summed E-state index contributed by atoms with van der Waals surface area (Å²) in [5.74, 6) is 1.08. The lowest BCUT2D eigenvalue weighted by Crippen LogP contribution is -2.50. The highest BCUT2D eigenvalue weighted by Crippen LogP contribution is 2.33. The maximum Gasteiger partial charge on any atom is 0.127 e. The molecule has 0 bridgehead atoms. The minimum atomic E-state index is 0.627. The number of hydrogen-bond acceptors (Lipinski definition) is 3. The first kappa shape index (κ1) is 14.2. The Balaban J connectivity index is 1.71. The van der Waals surface area contributed by atoms with Gasteiger partial charge < -0.3 is 10.1 Å². The Bertz CT molecular complexity index is 476. The minimum absolute atomic E-state index is 0.627. The number of ether oxygens (including phenoxy) is 1. The molecule has 4 heteroatoms. The fraction of sp³-hybridized carbons (Fsp3) is 0.625. The number of nitrogens with zero attached hydrogens (tertiary/aromatic N) is 1. The summed E-state index contributed by atoms with van der Waals surface area (Å²) in [6, 6.07) is 4.75. The molecule has 0 aliphatic carbocycles. The second-order valence-corrected chi connectivity index (χ2v) is 6.26. The highest BCUT2D eigenvalue weighted by atomic mass is 35.5. The second-order valence-electron chi connectivity index (χ2n) is 5.83. The fourth-order valence-corrected chi connectivity index (χ4v) is 3.55. The van der Waals surface area contributed by atoms with Crippen LogP contribution >= 0.6 is 11.6 Å². The number of fused-ring (bicyclic) bond motifs is 1. The first-order chi connectivity index (χ1) is 9.76. The smallest absolute Gasteiger partial charge is 0.127 e. The molecule has 0 spiro atoms. The van der Waals surface area contributed by atoms with E-state index in [9.17, 15) is 0 Å². The van der Waals surface area contributed by atoms with Gasteiger partial charge in [0, 0.05) is 49.2 Å². The van der Waals surface area contributed by atoms with Crippen LogP contribution in [0.4, 0.5) is 0 Å². The van der Waals surface area contributed by atoms with Crippen molar-refractivity contribution >= 4 is 11.6 Å². The number of hydrogen-bond donors (Lipinski definition) is 1. The summed E-state index contributed by atoms with van der Waals surface area (Å²) in [5.41, 5.74) is 2.52. The lowest BCUT2D eigenvalue weighted by molar-refractivity contribution is 0.185. The molecule has 1 atom stereocenters. The molecule has 2 heterocycles. The summed E-state index contributed by atoms with van der Waals surface area (Å²) in [7, 11) is 0. The van der Waals surface area contributed by atoms with Crippen LogP contribution in [-0.4, -0.2) is 37.2 Å². The Hall–Kier alpha value is -0.770. The molecule has 0 aromatic heterocycles. The molecule has 1 fully saturated rings. The van der Waals surface area contributed by atoms with Crippen molar-refractivity contribution in [2.75, 3.05) is 26.2 Å². The predicted octanol–water partition coefficient (Wildman–Crippen LogP) is 2.85. The standard InChI is InChI=1S/C16H23ClN2O/c1-2-3-15-11-19(6-5-18-15)10-13-9-14(17)8-12-4-7-20-16(12)13/h8-9,15,18H,2-7,10-11H2,1H3. The summed E-state index contributed by atoms with van der Waals surface area (Å²) in [4.78, 5) is 2.52. The van der Waals surface area contributed by atoms with Crippen molar-refractivity contribution in [3.05, 3.63) is 28.3 Å². The van der Waals surface area contributed by atoms with E-state index >= 15 is 0 Å². The topological polar surface area (TPSA) is 24.5 Å². The summed E-state index contributed by atoms with van der Waals surface area (Å²) < 4.78 is 5.80. The number of rotatable bonds is 4. The molecule has 3 rings (SSSR count). The van der Waals surface area contributed by atoms with Gasteiger partial charge in [0.1, 0.15) is 5.75 Å². The molecule has 3 nitrogen and oxygen atoms in total. The lowest BCUT2D eigenvalue weighted by atomic mass is 10.1. The SMILES string of the molecule is CCCC1CN(Cc2cc(Cl)cc3c2OCC3)CCN1. The average molecular weight is 295 g/mol. The van der Waals surface area contributed by atoms with Gasteiger partial charge in [-0.1, -0.05) is 24.9 Å². The molecule has 110 valence electrons. The van der Waals surface area contributed by atoms with Gasteiger partial charge in [-0.3, -0.25) is 4.90 Å². The third-order valence-corrected chi connectivity index (χ3v) is 4.41. The first-order valence-electron chi connectivity index (χ1n) is 7.66. The molecular formula is C16H23ClN2O. The molecule has 0 radical (unpaired) electrons. The van der Waals surface area contributed by atoms with E-state index in [1.165, 1.54) is 24.0 Å². The quantitative estimate of drug-likeness (QED) is 0.924. The molecule has 1 aromatic carbocycles. The van der Waals surface area contributed by atoms with E-state index in [0.717, 1.165) is 50.0 Å². The molecule has 2 aliphatic heterocycles. The van der Waals surface area contributed by atoms with Gasteiger partial charge in [0.25, 0.3) is 0 Å². The fourth-order valence-electron chi connectivity index (χ4n) is 3.28. The van der Waals surface area contributed by atoms with E-state index in [4.69, 9.17) is 16.3 Å². The van der Waals surface area contributed by atoms with E-state index in [1.807, 2.05) is 6.07 Å². The lowest BCUT2D eigenvalue weighted by Gasteiger charge is -2.34. The highest BCUT2D eigenvalue weighted by molar-refractivity contribution is 6.30. The van der Waals surface area contributed by atoms with E-state index in [1.54, 1.807) is 0 Å². The van der Waals surface area contributed by atoms with Gasteiger partial charge >= 0.3 is 0 Å². The molecular weight excluding hydrogens is 272 g/mol. The Morgan fingerprint density at radius 2 is 2.35 bits per heavy atom. The number of halogens is 1. The van der Waals surface area contributed by atoms with E-state index in [0.29, 0.717) is 6.04 Å². The number of benzene rings is 1. The van der Waals surface area contributed by atoms with E-state index < -0.39 is 0 Å². The van der Waals surface area contributed by atoms with Crippen molar-refractivity contribution in [1.82, 2.24) is 10.2 Å². The van der Waals surface area contributed by atoms with E-state index in [-0.39, 0.29) is 0 Å². The Morgan fingerprint density at radius 1 is 1.45 bits per heavy atom. The monoisotopic (exact) mass is 294 g/mol. The molecule has 1 saturated heterocycles. The molecule has 1 N–H and O–H groups in total. The largest absolute Gasteiger partial charge is 0.493 e. The van der Waals surface area contributed by atoms with Crippen molar-refractivity contribution in [2.24, 2.45) is 0 Å². The summed E-state index contributed by atoms with van der Waals surface area (Å²) in [6.45, 7) is 7.29. The second kappa shape index (κ2) is 6.33. The van der Waals surface area contributed by atoms with Gasteiger partial charge in [0.05, 0.1) is 6.61 Å². The van der Waals surface area contributed by atoms with Crippen LogP contribution < -0.4 is 10.1 Å². The molecule has 2 aliphatic rings. The van der Waals surface area contributed by atoms with Crippen LogP contribution in [0.3, 0.4) is 0 Å². The predicted molar refractivity (Wildman–Crippen MR) is 82.6 cm³/mol. The zero-order valence-corrected chi connectivity index (χ0v) is 12.9. The molecule has 0 amide bonds. The van der Waals surface area contributed by atoms with Gasteiger partial charge in [-0.25, -0.2) is 0 Å². The Morgan fingerprint density at radius 3 is 3.20 bits per heavy atom. The number of piperazine rings is 1. The Kier molecular flexibility index (Phi) is 4.49. The van der Waals surface area contributed by atoms with Crippen molar-refractivity contribution in [3.8, 4) is 5.75 Å². The van der Waals surface area contributed by atoms with Gasteiger partial charge in [0.15, 0.2) is 0 Å². The molecule has 20 heavy (non-hydrogen) atoms. The van der Waals surface area contributed by atoms with Crippen molar-refractivity contribution in [3.63, 3.8) is 0 Å². The van der Waals surface area contributed by atoms with Crippen LogP contribution in [0.25, 0.3) is 0 Å². The van der Waals surface area contributed by atoms with Crippen molar-refractivity contribution in [1.29, 1.82) is 0 Å². The first-order valence-corrected chi connectivity index (χ1v) is 8.04. The van der Waals surface area contributed by atoms with Gasteiger partial charge in [-0.2, -0.15) is 0 Å². The third-order valence-electron chi connectivity index (χ3n) is 4.20. The molecule has 1 aromatic rings. The maximum absolute atomic E-state index is 6.24. The van der Waals surface area contributed by atoms with Gasteiger partial charge in [0.2, 0.25) is 0 Å². The normalized spacial score (nSPS) is 22.6.